The summed E-state index contributed by atoms with van der Waals surface area (Å²) in [5, 5.41) is 16.9. The van der Waals surface area contributed by atoms with E-state index < -0.39 is 132 Å². The SMILES string of the molecule is CCCOC(=O)OC(C(=O)OC1CC2(O)C(OC(=O)c3ccccc3)C3C4(OC(C)=O)COC4CC(OC(=O)OCC)C3(C)C(=O)C(OC(C)=O)C(=C1C)C2(C)C)C(NC(=O)c1ccccc1)c1ccccc1. The molecule has 0 radical (unpaired) electrons. The van der Waals surface area contributed by atoms with Crippen molar-refractivity contribution in [1.82, 2.24) is 5.32 Å². The minimum absolute atomic E-state index is 0.0139. The normalized spacial score (nSPS) is 28.5. The van der Waals surface area contributed by atoms with E-state index in [9.17, 15) is 33.9 Å². The summed E-state index contributed by atoms with van der Waals surface area (Å²) in [7, 11) is 0. The summed E-state index contributed by atoms with van der Waals surface area (Å²) in [6.45, 7) is 10.8. The first-order valence-electron chi connectivity index (χ1n) is 24.1. The molecule has 73 heavy (non-hydrogen) atoms. The zero-order chi connectivity index (χ0) is 53.0. The molecule has 0 spiro atoms. The number of aliphatic hydroxyl groups is 1. The van der Waals surface area contributed by atoms with Gasteiger partial charge in [0.1, 0.15) is 36.1 Å². The summed E-state index contributed by atoms with van der Waals surface area (Å²) in [6, 6.07) is 22.5. The van der Waals surface area contributed by atoms with Gasteiger partial charge in [-0.2, -0.15) is 0 Å². The van der Waals surface area contributed by atoms with Crippen LogP contribution in [0.25, 0.3) is 0 Å². The summed E-state index contributed by atoms with van der Waals surface area (Å²) < 4.78 is 53.3. The molecule has 2 bridgehead atoms. The van der Waals surface area contributed by atoms with Gasteiger partial charge >= 0.3 is 36.2 Å². The Kier molecular flexibility index (Phi) is 15.8. The van der Waals surface area contributed by atoms with E-state index in [0.29, 0.717) is 12.0 Å². The molecule has 2 N–H and O–H groups in total. The topological polar surface area (TPSA) is 252 Å². The summed E-state index contributed by atoms with van der Waals surface area (Å²) >= 11 is 0. The van der Waals surface area contributed by atoms with Gasteiger partial charge in [0.25, 0.3) is 5.91 Å². The Morgan fingerprint density at radius 1 is 0.781 bits per heavy atom. The zero-order valence-corrected chi connectivity index (χ0v) is 41.9. The average Bonchev–Trinajstić information content (AvgIpc) is 3.35. The van der Waals surface area contributed by atoms with Crippen LogP contribution in [0.5, 0.6) is 0 Å². The summed E-state index contributed by atoms with van der Waals surface area (Å²) in [5.74, 6) is -7.32. The van der Waals surface area contributed by atoms with Crippen LogP contribution >= 0.6 is 0 Å². The van der Waals surface area contributed by atoms with Crippen LogP contribution in [0.15, 0.2) is 102 Å². The molecule has 3 fully saturated rings. The van der Waals surface area contributed by atoms with Crippen LogP contribution in [-0.4, -0.2) is 121 Å². The number of carbonyl (C=O) groups excluding carboxylic acids is 8. The molecule has 19 nitrogen and oxygen atoms in total. The van der Waals surface area contributed by atoms with Crippen LogP contribution in [0.2, 0.25) is 0 Å². The third-order valence-corrected chi connectivity index (χ3v) is 14.6. The molecule has 390 valence electrons. The van der Waals surface area contributed by atoms with Crippen LogP contribution in [-0.2, 0) is 61.8 Å². The number of carbonyl (C=O) groups is 8. The molecule has 0 aromatic heterocycles. The van der Waals surface area contributed by atoms with Crippen LogP contribution in [0.3, 0.4) is 0 Å². The fourth-order valence-electron chi connectivity index (χ4n) is 11.0. The van der Waals surface area contributed by atoms with Crippen molar-refractivity contribution in [3.8, 4) is 0 Å². The second-order valence-electron chi connectivity index (χ2n) is 19.3. The zero-order valence-electron chi connectivity index (χ0n) is 41.9. The maximum absolute atomic E-state index is 16.1. The standard InChI is InChI=1S/C54H61NO18/c1-9-26-66-50(63)71-42(40(33-20-14-11-15-21-33)55-46(59)34-22-16-12-17-23-34)48(61)69-36-28-54(64)45(72-47(60)35-24-18-13-19-25-35)43-52(8,44(58)41(68-31(4)56)39(30(36)3)51(54,6)7)37(70-49(62)65-10-2)27-38-53(43,29-67-38)73-32(5)57/h11-25,36-38,40-43,45,64H,9-10,26-29H2,1-8H3,(H,55,59). The number of ether oxygens (including phenoxy) is 9. The lowest BCUT2D eigenvalue weighted by atomic mass is 9.44. The number of ketones is 1. The smallest absolute Gasteiger partial charge is 0.455 e. The van der Waals surface area contributed by atoms with Gasteiger partial charge in [-0.05, 0) is 68.2 Å². The molecule has 11 atom stereocenters. The number of esters is 4. The summed E-state index contributed by atoms with van der Waals surface area (Å²) in [5.41, 5.74) is -7.86. The number of amides is 1. The molecule has 1 saturated heterocycles. The van der Waals surface area contributed by atoms with E-state index in [0.717, 1.165) is 13.8 Å². The largest absolute Gasteiger partial charge is 0.509 e. The summed E-state index contributed by atoms with van der Waals surface area (Å²) in [6.07, 6.45) is -13.2. The van der Waals surface area contributed by atoms with Crippen molar-refractivity contribution >= 4 is 47.9 Å². The highest BCUT2D eigenvalue weighted by atomic mass is 16.7. The van der Waals surface area contributed by atoms with Crippen LogP contribution in [0.4, 0.5) is 9.59 Å². The van der Waals surface area contributed by atoms with E-state index in [1.807, 2.05) is 0 Å². The lowest BCUT2D eigenvalue weighted by Crippen LogP contribution is -2.82. The second kappa shape index (κ2) is 21.5. The third kappa shape index (κ3) is 10.2. The molecule has 4 aliphatic rings. The van der Waals surface area contributed by atoms with E-state index in [2.05, 4.69) is 5.32 Å². The van der Waals surface area contributed by atoms with E-state index in [1.165, 1.54) is 46.8 Å². The summed E-state index contributed by atoms with van der Waals surface area (Å²) in [4.78, 5) is 113. The van der Waals surface area contributed by atoms with Gasteiger partial charge in [0, 0.05) is 37.7 Å². The van der Waals surface area contributed by atoms with Gasteiger partial charge in [-0.3, -0.25) is 19.2 Å². The van der Waals surface area contributed by atoms with Crippen molar-refractivity contribution in [2.75, 3.05) is 19.8 Å². The quantitative estimate of drug-likeness (QED) is 0.0938. The molecule has 7 rings (SSSR count). The molecule has 3 aromatic rings. The highest BCUT2D eigenvalue weighted by Crippen LogP contribution is 2.65. The lowest BCUT2D eigenvalue weighted by molar-refractivity contribution is -0.346. The highest BCUT2D eigenvalue weighted by molar-refractivity contribution is 5.96. The van der Waals surface area contributed by atoms with E-state index in [4.69, 9.17) is 42.6 Å². The molecule has 3 aromatic carbocycles. The Morgan fingerprint density at radius 2 is 1.40 bits per heavy atom. The first kappa shape index (κ1) is 53.7. The average molecular weight is 1010 g/mol. The van der Waals surface area contributed by atoms with Crippen molar-refractivity contribution in [2.24, 2.45) is 16.7 Å². The monoisotopic (exact) mass is 1010 g/mol. The van der Waals surface area contributed by atoms with E-state index in [-0.39, 0.29) is 41.9 Å². The van der Waals surface area contributed by atoms with Crippen molar-refractivity contribution in [2.45, 2.75) is 129 Å². The van der Waals surface area contributed by atoms with Gasteiger partial charge in [-0.15, -0.1) is 0 Å². The van der Waals surface area contributed by atoms with E-state index >= 15 is 9.59 Å². The van der Waals surface area contributed by atoms with Crippen LogP contribution in [0.1, 0.15) is 107 Å². The van der Waals surface area contributed by atoms with Crippen molar-refractivity contribution < 1.29 is 86.1 Å². The van der Waals surface area contributed by atoms with E-state index in [1.54, 1.807) is 85.8 Å². The highest BCUT2D eigenvalue weighted by Gasteiger charge is 2.79. The van der Waals surface area contributed by atoms with Crippen molar-refractivity contribution in [1.29, 1.82) is 0 Å². The number of rotatable bonds is 15. The molecule has 3 aliphatic carbocycles. The fraction of sp³-hybridized carbons (Fsp3) is 0.481. The fourth-order valence-corrected chi connectivity index (χ4v) is 11.0. The number of Topliss-reactive ketones (excluding diaryl/α,β-unsaturated/α-hetero) is 1. The molecular formula is C54H61NO18. The van der Waals surface area contributed by atoms with Crippen LogP contribution in [0, 0.1) is 16.7 Å². The number of fused-ring (bicyclic) bond motifs is 5. The molecule has 1 heterocycles. The molecule has 2 saturated carbocycles. The maximum Gasteiger partial charge on any atom is 0.509 e. The Morgan fingerprint density at radius 3 is 1.96 bits per heavy atom. The van der Waals surface area contributed by atoms with Gasteiger partial charge in [0.2, 0.25) is 6.10 Å². The first-order valence-corrected chi connectivity index (χ1v) is 24.1. The predicted molar refractivity (Wildman–Crippen MR) is 254 cm³/mol. The maximum atomic E-state index is 16.1. The second-order valence-corrected chi connectivity index (χ2v) is 19.3. The Hall–Kier alpha value is -7.12. The molecule has 19 heteroatoms. The third-order valence-electron chi connectivity index (χ3n) is 14.6. The van der Waals surface area contributed by atoms with Gasteiger partial charge in [-0.1, -0.05) is 87.5 Å². The van der Waals surface area contributed by atoms with Gasteiger partial charge < -0.3 is 53.1 Å². The van der Waals surface area contributed by atoms with Crippen LogP contribution < -0.4 is 5.32 Å². The Balaban J connectivity index is 1.45. The van der Waals surface area contributed by atoms with Gasteiger partial charge in [0.15, 0.2) is 17.5 Å². The molecule has 1 aliphatic heterocycles. The number of benzene rings is 3. The Bertz CT molecular complexity index is 2620. The number of hydrogen-bond acceptors (Lipinski definition) is 18. The number of hydrogen-bond donors (Lipinski definition) is 2. The lowest BCUT2D eigenvalue weighted by Gasteiger charge is -2.67. The van der Waals surface area contributed by atoms with Gasteiger partial charge in [0.05, 0.1) is 36.7 Å². The predicted octanol–water partition coefficient (Wildman–Crippen LogP) is 6.49. The Labute approximate surface area is 422 Å². The minimum atomic E-state index is -2.53. The molecule has 1 amide bonds. The van der Waals surface area contributed by atoms with Crippen molar-refractivity contribution in [3.63, 3.8) is 0 Å². The minimum Gasteiger partial charge on any atom is -0.455 e. The molecular weight excluding hydrogens is 951 g/mol. The molecule has 11 unspecified atom stereocenters. The number of nitrogens with one attached hydrogen (secondary N) is 1. The first-order chi connectivity index (χ1) is 34.6. The van der Waals surface area contributed by atoms with Gasteiger partial charge in [-0.25, -0.2) is 19.2 Å². The van der Waals surface area contributed by atoms with Crippen molar-refractivity contribution in [3.05, 3.63) is 119 Å².